The highest BCUT2D eigenvalue weighted by atomic mass is 35.5. The molecular formula is C10H9ClFN5OS. The number of thioether (sulfide) groups is 1. The van der Waals surface area contributed by atoms with Gasteiger partial charge in [0.25, 0.3) is 0 Å². The number of benzene rings is 1. The van der Waals surface area contributed by atoms with Gasteiger partial charge in [-0.25, -0.2) is 9.49 Å². The monoisotopic (exact) mass is 301 g/mol. The first-order valence-corrected chi connectivity index (χ1v) is 6.46. The van der Waals surface area contributed by atoms with Gasteiger partial charge in [-0.1, -0.05) is 23.4 Å². The number of nitrogens with zero attached hydrogens (tertiary/aromatic N) is 2. The number of halogens is 2. The molecule has 0 aliphatic rings. The molecule has 6 nitrogen and oxygen atoms in total. The van der Waals surface area contributed by atoms with E-state index in [0.29, 0.717) is 10.8 Å². The molecule has 0 atom stereocenters. The maximum atomic E-state index is 12.9. The van der Waals surface area contributed by atoms with Crippen LogP contribution in [-0.4, -0.2) is 26.8 Å². The van der Waals surface area contributed by atoms with Gasteiger partial charge in [-0.3, -0.25) is 4.79 Å². The lowest BCUT2D eigenvalue weighted by atomic mass is 10.3. The highest BCUT2D eigenvalue weighted by molar-refractivity contribution is 7.99. The quantitative estimate of drug-likeness (QED) is 0.750. The summed E-state index contributed by atoms with van der Waals surface area (Å²) in [5.41, 5.74) is 5.77. The first-order chi connectivity index (χ1) is 9.04. The van der Waals surface area contributed by atoms with Crippen molar-refractivity contribution >= 4 is 40.9 Å². The highest BCUT2D eigenvalue weighted by Gasteiger charge is 2.08. The summed E-state index contributed by atoms with van der Waals surface area (Å²) >= 11 is 6.73. The molecule has 0 bridgehead atoms. The molecule has 1 amide bonds. The number of H-pyrrole nitrogens is 1. The topological polar surface area (TPSA) is 96.7 Å². The number of carbonyl (C=O) groups is 1. The predicted octanol–water partition coefficient (Wildman–Crippen LogP) is 1.91. The molecule has 1 aromatic carbocycles. The summed E-state index contributed by atoms with van der Waals surface area (Å²) in [5.74, 6) is -0.527. The fourth-order valence-electron chi connectivity index (χ4n) is 1.22. The predicted molar refractivity (Wildman–Crippen MR) is 71.6 cm³/mol. The second-order valence-corrected chi connectivity index (χ2v) is 4.82. The van der Waals surface area contributed by atoms with Gasteiger partial charge in [0.1, 0.15) is 5.82 Å². The number of aromatic nitrogens is 3. The number of rotatable bonds is 4. The minimum atomic E-state index is -0.537. The number of hydrogen-bond donors (Lipinski definition) is 3. The van der Waals surface area contributed by atoms with Gasteiger partial charge >= 0.3 is 0 Å². The lowest BCUT2D eigenvalue weighted by Crippen LogP contribution is -2.14. The number of nitrogens with one attached hydrogen (secondary N) is 2. The van der Waals surface area contributed by atoms with Crippen molar-refractivity contribution in [2.24, 2.45) is 0 Å². The lowest BCUT2D eigenvalue weighted by molar-refractivity contribution is -0.113. The number of carbonyl (C=O) groups excluding carboxylic acids is 1. The van der Waals surface area contributed by atoms with Crippen LogP contribution in [-0.2, 0) is 4.79 Å². The molecule has 0 spiro atoms. The normalized spacial score (nSPS) is 10.4. The molecule has 0 radical (unpaired) electrons. The molecular weight excluding hydrogens is 293 g/mol. The maximum Gasteiger partial charge on any atom is 0.234 e. The van der Waals surface area contributed by atoms with Gasteiger partial charge in [-0.2, -0.15) is 4.98 Å². The molecule has 2 aromatic rings. The Hall–Kier alpha value is -1.80. The fourth-order valence-corrected chi connectivity index (χ4v) is 2.01. The second kappa shape index (κ2) is 5.89. The largest absolute Gasteiger partial charge is 0.368 e. The van der Waals surface area contributed by atoms with Crippen molar-refractivity contribution in [3.63, 3.8) is 0 Å². The van der Waals surface area contributed by atoms with E-state index in [1.54, 1.807) is 0 Å². The third kappa shape index (κ3) is 3.83. The van der Waals surface area contributed by atoms with Gasteiger partial charge < -0.3 is 11.1 Å². The van der Waals surface area contributed by atoms with Crippen molar-refractivity contribution < 1.29 is 9.18 Å². The molecule has 4 N–H and O–H groups in total. The fraction of sp³-hybridized carbons (Fsp3) is 0.100. The van der Waals surface area contributed by atoms with Gasteiger partial charge in [0.05, 0.1) is 10.8 Å². The van der Waals surface area contributed by atoms with E-state index in [2.05, 4.69) is 20.5 Å². The average molecular weight is 302 g/mol. The molecule has 2 rings (SSSR count). The summed E-state index contributed by atoms with van der Waals surface area (Å²) in [5, 5.41) is 9.14. The van der Waals surface area contributed by atoms with E-state index >= 15 is 0 Å². The van der Waals surface area contributed by atoms with Crippen LogP contribution < -0.4 is 11.1 Å². The smallest absolute Gasteiger partial charge is 0.234 e. The van der Waals surface area contributed by atoms with E-state index in [4.69, 9.17) is 17.3 Å². The van der Waals surface area contributed by atoms with Gasteiger partial charge in [-0.15, -0.1) is 5.10 Å². The summed E-state index contributed by atoms with van der Waals surface area (Å²) in [4.78, 5) is 15.5. The molecule has 0 saturated heterocycles. The van der Waals surface area contributed by atoms with Crippen molar-refractivity contribution in [3.05, 3.63) is 29.0 Å². The zero-order valence-electron chi connectivity index (χ0n) is 9.48. The Bertz CT molecular complexity index is 605. The van der Waals surface area contributed by atoms with Crippen molar-refractivity contribution in [2.45, 2.75) is 5.16 Å². The molecule has 0 fully saturated rings. The van der Waals surface area contributed by atoms with E-state index in [9.17, 15) is 9.18 Å². The van der Waals surface area contributed by atoms with Crippen LogP contribution in [0.5, 0.6) is 0 Å². The van der Waals surface area contributed by atoms with E-state index < -0.39 is 5.82 Å². The van der Waals surface area contributed by atoms with Crippen molar-refractivity contribution in [1.82, 2.24) is 15.2 Å². The SMILES string of the molecule is Nc1nc(SCC(=O)Nc2ccc(F)c(Cl)c2)n[nH]1. The van der Waals surface area contributed by atoms with Crippen LogP contribution in [0.2, 0.25) is 5.02 Å². The summed E-state index contributed by atoms with van der Waals surface area (Å²) in [6.45, 7) is 0. The average Bonchev–Trinajstić information content (AvgIpc) is 2.77. The summed E-state index contributed by atoms with van der Waals surface area (Å²) in [6, 6.07) is 3.94. The minimum Gasteiger partial charge on any atom is -0.368 e. The molecule has 100 valence electrons. The lowest BCUT2D eigenvalue weighted by Gasteiger charge is -2.04. The van der Waals surface area contributed by atoms with E-state index in [-0.39, 0.29) is 22.6 Å². The van der Waals surface area contributed by atoms with E-state index in [1.165, 1.54) is 18.2 Å². The number of aromatic amines is 1. The summed E-state index contributed by atoms with van der Waals surface area (Å²) in [7, 11) is 0. The number of anilines is 2. The van der Waals surface area contributed by atoms with E-state index in [1.807, 2.05) is 0 Å². The third-order valence-electron chi connectivity index (χ3n) is 2.02. The molecule has 0 aliphatic carbocycles. The van der Waals surface area contributed by atoms with Crippen LogP contribution in [0.3, 0.4) is 0 Å². The van der Waals surface area contributed by atoms with Gasteiger partial charge in [0, 0.05) is 5.69 Å². The van der Waals surface area contributed by atoms with Crippen molar-refractivity contribution in [3.8, 4) is 0 Å². The number of nitrogen functional groups attached to an aromatic ring is 1. The Kier molecular flexibility index (Phi) is 4.23. The Labute approximate surface area is 116 Å². The summed E-state index contributed by atoms with van der Waals surface area (Å²) in [6.07, 6.45) is 0. The second-order valence-electron chi connectivity index (χ2n) is 3.47. The van der Waals surface area contributed by atoms with Gasteiger partial charge in [-0.05, 0) is 18.2 Å². The number of amides is 1. The molecule has 0 saturated carbocycles. The summed E-state index contributed by atoms with van der Waals surface area (Å²) < 4.78 is 12.9. The zero-order chi connectivity index (χ0) is 13.8. The first-order valence-electron chi connectivity index (χ1n) is 5.10. The molecule has 1 aromatic heterocycles. The Morgan fingerprint density at radius 3 is 3.00 bits per heavy atom. The Morgan fingerprint density at radius 2 is 2.37 bits per heavy atom. The van der Waals surface area contributed by atoms with Crippen LogP contribution in [0.25, 0.3) is 0 Å². The van der Waals surface area contributed by atoms with Crippen LogP contribution in [0.1, 0.15) is 0 Å². The highest BCUT2D eigenvalue weighted by Crippen LogP contribution is 2.20. The number of nitrogens with two attached hydrogens (primary N) is 1. The zero-order valence-corrected chi connectivity index (χ0v) is 11.1. The van der Waals surface area contributed by atoms with Crippen molar-refractivity contribution in [1.29, 1.82) is 0 Å². The van der Waals surface area contributed by atoms with E-state index in [0.717, 1.165) is 11.8 Å². The molecule has 0 aliphatic heterocycles. The van der Waals surface area contributed by atoms with Crippen LogP contribution in [0.15, 0.2) is 23.4 Å². The van der Waals surface area contributed by atoms with Crippen molar-refractivity contribution in [2.75, 3.05) is 16.8 Å². The third-order valence-corrected chi connectivity index (χ3v) is 3.15. The number of hydrogen-bond acceptors (Lipinski definition) is 5. The van der Waals surface area contributed by atoms with Gasteiger partial charge in [0.15, 0.2) is 0 Å². The molecule has 9 heteroatoms. The molecule has 0 unspecified atom stereocenters. The molecule has 1 heterocycles. The first kappa shape index (κ1) is 13.6. The van der Waals surface area contributed by atoms with Crippen LogP contribution >= 0.6 is 23.4 Å². The van der Waals surface area contributed by atoms with Crippen LogP contribution in [0, 0.1) is 5.82 Å². The standard InChI is InChI=1S/C10H9ClFN5OS/c11-6-3-5(1-2-7(6)12)14-8(18)4-19-10-15-9(13)16-17-10/h1-3H,4H2,(H,14,18)(H3,13,15,16,17). The minimum absolute atomic E-state index is 0.0489. The molecule has 19 heavy (non-hydrogen) atoms. The van der Waals surface area contributed by atoms with Crippen LogP contribution in [0.4, 0.5) is 16.0 Å². The van der Waals surface area contributed by atoms with Gasteiger partial charge in [0.2, 0.25) is 17.0 Å². The maximum absolute atomic E-state index is 12.9. The Morgan fingerprint density at radius 1 is 1.58 bits per heavy atom. The Balaban J connectivity index is 1.88.